The number of anilines is 1. The third-order valence-corrected chi connectivity index (χ3v) is 4.59. The summed E-state index contributed by atoms with van der Waals surface area (Å²) in [6.07, 6.45) is 3.59. The molecule has 0 unspecified atom stereocenters. The Bertz CT molecular complexity index is 999. The number of hydrogen-bond donors (Lipinski definition) is 2. The Morgan fingerprint density at radius 3 is 2.26 bits per heavy atom. The van der Waals surface area contributed by atoms with Crippen LogP contribution in [0.2, 0.25) is 0 Å². The van der Waals surface area contributed by atoms with Gasteiger partial charge in [-0.1, -0.05) is 24.4 Å². The molecule has 1 heterocycles. The van der Waals surface area contributed by atoms with Gasteiger partial charge in [0.05, 0.1) is 0 Å². The Hall–Kier alpha value is -3.05. The summed E-state index contributed by atoms with van der Waals surface area (Å²) in [4.78, 5) is 0.358. The van der Waals surface area contributed by atoms with Crippen LogP contribution in [-0.4, -0.2) is 10.1 Å². The lowest BCUT2D eigenvalue weighted by molar-refractivity contribution is -0.575. The lowest BCUT2D eigenvalue weighted by Crippen LogP contribution is -2.38. The number of thiocarbonyl (C=S) groups is 1. The van der Waals surface area contributed by atoms with Gasteiger partial charge in [-0.2, -0.15) is 4.57 Å². The second kappa shape index (κ2) is 8.10. The van der Waals surface area contributed by atoms with Crippen LogP contribution in [-0.2, 0) is 0 Å². The number of aliphatic hydroxyl groups is 1. The van der Waals surface area contributed by atoms with Crippen LogP contribution >= 0.6 is 12.2 Å². The molecule has 0 aliphatic heterocycles. The highest BCUT2D eigenvalue weighted by atomic mass is 32.1. The normalized spacial score (nSPS) is 11.7. The van der Waals surface area contributed by atoms with E-state index in [1.807, 2.05) is 50.2 Å². The lowest BCUT2D eigenvalue weighted by atomic mass is 10.1. The van der Waals surface area contributed by atoms with E-state index in [4.69, 9.17) is 12.2 Å². The molecule has 2 N–H and O–H groups in total. The molecule has 0 aliphatic rings. The van der Waals surface area contributed by atoms with E-state index in [1.54, 1.807) is 17.0 Å². The van der Waals surface area contributed by atoms with Gasteiger partial charge in [0.25, 0.3) is 5.70 Å². The van der Waals surface area contributed by atoms with Crippen molar-refractivity contribution in [3.63, 3.8) is 0 Å². The predicted octanol–water partition coefficient (Wildman–Crippen LogP) is 5.05. The first kappa shape index (κ1) is 18.7. The van der Waals surface area contributed by atoms with Gasteiger partial charge >= 0.3 is 0 Å². The molecule has 27 heavy (non-hydrogen) atoms. The smallest absolute Gasteiger partial charge is 0.288 e. The highest BCUT2D eigenvalue weighted by Gasteiger charge is 2.23. The number of hydrogen-bond acceptors (Lipinski definition) is 2. The van der Waals surface area contributed by atoms with Crippen molar-refractivity contribution in [1.29, 1.82) is 0 Å². The number of halogens is 1. The molecular weight excluding hydrogens is 359 g/mol. The third kappa shape index (κ3) is 4.38. The zero-order valence-corrected chi connectivity index (χ0v) is 15.9. The van der Waals surface area contributed by atoms with Crippen LogP contribution in [0.1, 0.15) is 16.7 Å². The molecule has 0 amide bonds. The van der Waals surface area contributed by atoms with Gasteiger partial charge in [-0.05, 0) is 61.4 Å². The van der Waals surface area contributed by atoms with E-state index in [2.05, 4.69) is 5.32 Å². The summed E-state index contributed by atoms with van der Waals surface area (Å²) in [7, 11) is 0. The van der Waals surface area contributed by atoms with Crippen LogP contribution in [0.3, 0.4) is 0 Å². The van der Waals surface area contributed by atoms with Gasteiger partial charge in [0.2, 0.25) is 0 Å². The lowest BCUT2D eigenvalue weighted by Gasteiger charge is -2.11. The van der Waals surface area contributed by atoms with Crippen LogP contribution < -0.4 is 9.88 Å². The van der Waals surface area contributed by atoms with Crippen LogP contribution in [0.4, 0.5) is 10.1 Å². The van der Waals surface area contributed by atoms with Crippen LogP contribution in [0.5, 0.6) is 0 Å². The maximum absolute atomic E-state index is 13.2. The summed E-state index contributed by atoms with van der Waals surface area (Å²) < 4.78 is 15.0. The van der Waals surface area contributed by atoms with Gasteiger partial charge < -0.3 is 10.4 Å². The molecule has 1 aromatic heterocycles. The molecule has 3 nitrogen and oxygen atoms in total. The summed E-state index contributed by atoms with van der Waals surface area (Å²) in [5.74, 6) is -0.399. The Labute approximate surface area is 163 Å². The average molecular weight is 379 g/mol. The quantitative estimate of drug-likeness (QED) is 0.288. The Balaban J connectivity index is 2.04. The van der Waals surface area contributed by atoms with E-state index in [0.29, 0.717) is 16.2 Å². The molecule has 0 spiro atoms. The monoisotopic (exact) mass is 379 g/mol. The maximum Gasteiger partial charge on any atom is 0.288 e. The van der Waals surface area contributed by atoms with E-state index in [1.165, 1.54) is 29.8 Å². The van der Waals surface area contributed by atoms with E-state index in [0.717, 1.165) is 11.3 Å². The number of nitrogens with one attached hydrogen (secondary N) is 1. The van der Waals surface area contributed by atoms with Crippen molar-refractivity contribution in [2.24, 2.45) is 0 Å². The minimum absolute atomic E-state index is 0.0347. The van der Waals surface area contributed by atoms with E-state index in [9.17, 15) is 9.50 Å². The molecule has 0 saturated heterocycles. The molecular formula is C22H20FN2OS+. The molecule has 136 valence electrons. The molecule has 0 fully saturated rings. The van der Waals surface area contributed by atoms with Crippen LogP contribution in [0.25, 0.3) is 11.5 Å². The largest absolute Gasteiger partial charge is 0.502 e. The van der Waals surface area contributed by atoms with Gasteiger partial charge in [0, 0.05) is 23.4 Å². The van der Waals surface area contributed by atoms with Gasteiger partial charge in [-0.3, -0.25) is 0 Å². The van der Waals surface area contributed by atoms with Gasteiger partial charge in [0.15, 0.2) is 23.1 Å². The van der Waals surface area contributed by atoms with Crippen LogP contribution in [0.15, 0.2) is 73.1 Å². The second-order valence-corrected chi connectivity index (χ2v) is 6.65. The predicted molar refractivity (Wildman–Crippen MR) is 111 cm³/mol. The molecule has 0 radical (unpaired) electrons. The number of benzene rings is 2. The summed E-state index contributed by atoms with van der Waals surface area (Å²) in [6, 6.07) is 17.2. The average Bonchev–Trinajstić information content (AvgIpc) is 2.66. The third-order valence-electron chi connectivity index (χ3n) is 4.30. The number of pyridine rings is 1. The van der Waals surface area contributed by atoms with Crippen molar-refractivity contribution in [1.82, 2.24) is 0 Å². The summed E-state index contributed by atoms with van der Waals surface area (Å²) in [5, 5.41) is 14.1. The molecule has 3 rings (SSSR count). The fourth-order valence-corrected chi connectivity index (χ4v) is 2.97. The van der Waals surface area contributed by atoms with Crippen molar-refractivity contribution in [2.45, 2.75) is 13.8 Å². The van der Waals surface area contributed by atoms with Crippen LogP contribution in [0, 0.1) is 19.7 Å². The maximum atomic E-state index is 13.2. The SMILES string of the molecule is Cc1ccc(NC(=S)/C(=C(\O)c2ccc(F)cc2)[n+]2ccccc2)cc1C. The van der Waals surface area contributed by atoms with Crippen molar-refractivity contribution < 1.29 is 14.1 Å². The van der Waals surface area contributed by atoms with Crippen molar-refractivity contribution in [2.75, 3.05) is 5.32 Å². The number of aromatic nitrogens is 1. The summed E-state index contributed by atoms with van der Waals surface area (Å²) in [5.41, 5.74) is 4.06. The van der Waals surface area contributed by atoms with Crippen molar-refractivity contribution in [3.8, 4) is 0 Å². The van der Waals surface area contributed by atoms with E-state index < -0.39 is 0 Å². The number of nitrogens with zero attached hydrogens (tertiary/aromatic N) is 1. The number of aryl methyl sites for hydroxylation is 2. The van der Waals surface area contributed by atoms with Crippen molar-refractivity contribution >= 4 is 34.3 Å². The standard InChI is InChI=1S/C22H19FN2OS/c1-15-6-11-19(14-16(15)2)24-22(27)20(25-12-4-3-5-13-25)21(26)17-7-9-18(23)10-8-17/h3-14H,1-2H3,(H-,24,26,27)/p+1. The number of aliphatic hydroxyl groups excluding tert-OH is 1. The first-order valence-corrected chi connectivity index (χ1v) is 8.91. The molecule has 5 heteroatoms. The molecule has 0 bridgehead atoms. The summed E-state index contributed by atoms with van der Waals surface area (Å²) in [6.45, 7) is 4.07. The first-order valence-electron chi connectivity index (χ1n) is 8.50. The topological polar surface area (TPSA) is 36.1 Å². The van der Waals surface area contributed by atoms with Gasteiger partial charge in [-0.25, -0.2) is 4.39 Å². The zero-order valence-electron chi connectivity index (χ0n) is 15.1. The first-order chi connectivity index (χ1) is 13.0. The fourth-order valence-electron chi connectivity index (χ4n) is 2.65. The van der Waals surface area contributed by atoms with E-state index >= 15 is 0 Å². The number of rotatable bonds is 4. The molecule has 2 aromatic carbocycles. The fraction of sp³-hybridized carbons (Fsp3) is 0.0909. The highest BCUT2D eigenvalue weighted by Crippen LogP contribution is 2.20. The summed E-state index contributed by atoms with van der Waals surface area (Å²) >= 11 is 5.59. The second-order valence-electron chi connectivity index (χ2n) is 6.24. The molecule has 3 aromatic rings. The van der Waals surface area contributed by atoms with Gasteiger partial charge in [-0.15, -0.1) is 0 Å². The molecule has 0 saturated carbocycles. The Morgan fingerprint density at radius 2 is 1.63 bits per heavy atom. The van der Waals surface area contributed by atoms with E-state index in [-0.39, 0.29) is 11.6 Å². The molecule has 0 atom stereocenters. The minimum atomic E-state index is -0.365. The van der Waals surface area contributed by atoms with Crippen molar-refractivity contribution in [3.05, 3.63) is 95.6 Å². The highest BCUT2D eigenvalue weighted by molar-refractivity contribution is 7.81. The zero-order chi connectivity index (χ0) is 19.4. The Kier molecular flexibility index (Phi) is 5.62. The Morgan fingerprint density at radius 1 is 0.963 bits per heavy atom. The minimum Gasteiger partial charge on any atom is -0.502 e. The molecule has 0 aliphatic carbocycles. The van der Waals surface area contributed by atoms with Gasteiger partial charge in [0.1, 0.15) is 5.82 Å².